The van der Waals surface area contributed by atoms with Crippen molar-refractivity contribution in [1.82, 2.24) is 24.5 Å². The molecule has 10 nitrogen and oxygen atoms in total. The number of ether oxygens (including phenoxy) is 1. The van der Waals surface area contributed by atoms with Gasteiger partial charge in [0.2, 0.25) is 5.88 Å². The Bertz CT molecular complexity index is 1950. The number of oxazole rings is 1. The van der Waals surface area contributed by atoms with Crippen molar-refractivity contribution < 1.29 is 40.2 Å². The Kier molecular flexibility index (Phi) is 7.56. The Morgan fingerprint density at radius 2 is 1.79 bits per heavy atom. The highest BCUT2D eigenvalue weighted by Crippen LogP contribution is 2.39. The molecule has 0 unspecified atom stereocenters. The largest absolute Gasteiger partial charge is 0.480 e. The number of aryl methyl sites for hydroxylation is 2. The number of halogens is 4. The first-order chi connectivity index (χ1) is 20.2. The number of methoxy groups -OCH3 is 1. The highest BCUT2D eigenvalue weighted by atomic mass is 32.2. The zero-order chi connectivity index (χ0) is 31.3. The highest BCUT2D eigenvalue weighted by molar-refractivity contribution is 7.90. The summed E-state index contributed by atoms with van der Waals surface area (Å²) >= 11 is 0. The summed E-state index contributed by atoms with van der Waals surface area (Å²) in [6, 6.07) is 6.76. The summed E-state index contributed by atoms with van der Waals surface area (Å²) in [6.45, 7) is 2.13. The van der Waals surface area contributed by atoms with Crippen LogP contribution in [0.15, 0.2) is 58.2 Å². The minimum atomic E-state index is -4.71. The lowest BCUT2D eigenvalue weighted by Gasteiger charge is -2.15. The van der Waals surface area contributed by atoms with Crippen LogP contribution in [0.5, 0.6) is 5.88 Å². The van der Waals surface area contributed by atoms with E-state index in [1.165, 1.54) is 55.3 Å². The number of nitrogens with zero attached hydrogens (tertiary/aromatic N) is 5. The summed E-state index contributed by atoms with van der Waals surface area (Å²) < 4.78 is 92.7. The molecule has 15 heteroatoms. The van der Waals surface area contributed by atoms with E-state index in [-0.39, 0.29) is 57.1 Å². The maximum atomic E-state index is 15.0. The van der Waals surface area contributed by atoms with Crippen molar-refractivity contribution in [2.45, 2.75) is 31.5 Å². The van der Waals surface area contributed by atoms with Crippen molar-refractivity contribution in [3.05, 3.63) is 77.7 Å². The average Bonchev–Trinajstić information content (AvgIpc) is 3.54. The van der Waals surface area contributed by atoms with Crippen molar-refractivity contribution in [2.75, 3.05) is 13.4 Å². The molecule has 0 saturated carbocycles. The zero-order valence-corrected chi connectivity index (χ0v) is 23.9. The van der Waals surface area contributed by atoms with Crippen LogP contribution < -0.4 is 4.74 Å². The zero-order valence-electron chi connectivity index (χ0n) is 23.1. The Labute approximate surface area is 242 Å². The number of aromatic nitrogens is 5. The van der Waals surface area contributed by atoms with E-state index in [9.17, 15) is 26.7 Å². The molecule has 224 valence electrons. The van der Waals surface area contributed by atoms with Crippen molar-refractivity contribution in [3.63, 3.8) is 0 Å². The third-order valence-electron chi connectivity index (χ3n) is 6.53. The smallest absolute Gasteiger partial charge is 0.434 e. The third kappa shape index (κ3) is 5.72. The predicted molar refractivity (Wildman–Crippen MR) is 146 cm³/mol. The molecule has 0 fully saturated rings. The third-order valence-corrected chi connectivity index (χ3v) is 7.70. The molecule has 0 aliphatic rings. The molecule has 3 aromatic heterocycles. The summed E-state index contributed by atoms with van der Waals surface area (Å²) in [5, 5.41) is 9.61. The van der Waals surface area contributed by atoms with Crippen LogP contribution >= 0.6 is 0 Å². The number of rotatable bonds is 7. The maximum absolute atomic E-state index is 15.0. The number of sulfone groups is 1. The maximum Gasteiger partial charge on any atom is 0.434 e. The fourth-order valence-electron chi connectivity index (χ4n) is 4.55. The van der Waals surface area contributed by atoms with Gasteiger partial charge in [-0.1, -0.05) is 6.07 Å². The second-order valence-electron chi connectivity index (χ2n) is 9.49. The van der Waals surface area contributed by atoms with E-state index >= 15 is 4.39 Å². The summed E-state index contributed by atoms with van der Waals surface area (Å²) in [5.74, 6) is -0.357. The van der Waals surface area contributed by atoms with Gasteiger partial charge in [-0.2, -0.15) is 13.2 Å². The van der Waals surface area contributed by atoms with Crippen LogP contribution in [0.3, 0.4) is 0 Å². The molecule has 0 amide bonds. The molecule has 3 heterocycles. The summed E-state index contributed by atoms with van der Waals surface area (Å²) in [4.78, 5) is 16.2. The van der Waals surface area contributed by atoms with Crippen LogP contribution in [0.1, 0.15) is 23.0 Å². The van der Waals surface area contributed by atoms with Gasteiger partial charge in [-0.25, -0.2) is 32.7 Å². The second kappa shape index (κ2) is 10.9. The Balaban J connectivity index is 1.79. The van der Waals surface area contributed by atoms with Crippen LogP contribution in [-0.2, 0) is 22.6 Å². The molecule has 5 aromatic rings. The molecule has 0 aliphatic heterocycles. The first-order valence-corrected chi connectivity index (χ1v) is 14.4. The van der Waals surface area contributed by atoms with Crippen molar-refractivity contribution >= 4 is 9.84 Å². The monoisotopic (exact) mass is 617 g/mol. The van der Waals surface area contributed by atoms with Gasteiger partial charge in [0.05, 0.1) is 36.7 Å². The van der Waals surface area contributed by atoms with Gasteiger partial charge in [0, 0.05) is 30.5 Å². The lowest BCUT2D eigenvalue weighted by atomic mass is 9.97. The molecule has 43 heavy (non-hydrogen) atoms. The van der Waals surface area contributed by atoms with E-state index in [1.54, 1.807) is 6.92 Å². The van der Waals surface area contributed by atoms with E-state index < -0.39 is 39.0 Å². The second-order valence-corrected chi connectivity index (χ2v) is 11.5. The molecule has 0 aliphatic carbocycles. The van der Waals surface area contributed by atoms with Crippen LogP contribution in [0.4, 0.5) is 17.6 Å². The van der Waals surface area contributed by atoms with Gasteiger partial charge in [0.25, 0.3) is 0 Å². The fourth-order valence-corrected chi connectivity index (χ4v) is 5.50. The molecule has 0 radical (unpaired) electrons. The quantitative estimate of drug-likeness (QED) is 0.241. The van der Waals surface area contributed by atoms with Crippen LogP contribution in [0.25, 0.3) is 39.5 Å². The van der Waals surface area contributed by atoms with Crippen LogP contribution in [0.2, 0.25) is 0 Å². The van der Waals surface area contributed by atoms with Crippen molar-refractivity contribution in [1.29, 1.82) is 0 Å². The Morgan fingerprint density at radius 3 is 2.37 bits per heavy atom. The molecule has 0 saturated heterocycles. The molecule has 0 atom stereocenters. The molecule has 0 bridgehead atoms. The number of aliphatic hydroxyl groups is 1. The molecular formula is C28H23F4N5O5S. The minimum absolute atomic E-state index is 0.0186. The van der Waals surface area contributed by atoms with Gasteiger partial charge < -0.3 is 18.8 Å². The van der Waals surface area contributed by atoms with Gasteiger partial charge in [0.15, 0.2) is 27.2 Å². The van der Waals surface area contributed by atoms with Crippen molar-refractivity contribution in [3.8, 4) is 45.4 Å². The topological polar surface area (TPSA) is 133 Å². The molecule has 2 aromatic carbocycles. The SMILES string of the molecule is COc1cnc(-c2oc(C)nc2-c2cc(-c3cc(F)c(CO)c(S(C)(=O)=O)c3)ccc2-n2cc(C(F)(F)F)nc2C)cn1. The van der Waals surface area contributed by atoms with E-state index in [2.05, 4.69) is 19.9 Å². The number of hydrogen-bond acceptors (Lipinski definition) is 9. The average molecular weight is 618 g/mol. The molecule has 5 rings (SSSR count). The van der Waals surface area contributed by atoms with Gasteiger partial charge in [-0.15, -0.1) is 0 Å². The lowest BCUT2D eigenvalue weighted by Crippen LogP contribution is -2.06. The summed E-state index contributed by atoms with van der Waals surface area (Å²) in [6.07, 6.45) is -0.261. The number of hydrogen-bond donors (Lipinski definition) is 1. The van der Waals surface area contributed by atoms with E-state index in [1.807, 2.05) is 0 Å². The van der Waals surface area contributed by atoms with Gasteiger partial charge in [-0.05, 0) is 42.3 Å². The fraction of sp³-hybridized carbons (Fsp3) is 0.214. The van der Waals surface area contributed by atoms with Crippen LogP contribution in [0, 0.1) is 19.7 Å². The first kappa shape index (κ1) is 29.8. The van der Waals surface area contributed by atoms with E-state index in [0.29, 0.717) is 5.56 Å². The van der Waals surface area contributed by atoms with E-state index in [4.69, 9.17) is 9.15 Å². The van der Waals surface area contributed by atoms with Crippen LogP contribution in [-0.4, -0.2) is 51.4 Å². The minimum Gasteiger partial charge on any atom is -0.480 e. The number of benzene rings is 2. The predicted octanol–water partition coefficient (Wildman–Crippen LogP) is 5.33. The molecular weight excluding hydrogens is 594 g/mol. The van der Waals surface area contributed by atoms with E-state index in [0.717, 1.165) is 18.5 Å². The van der Waals surface area contributed by atoms with Crippen molar-refractivity contribution in [2.24, 2.45) is 0 Å². The first-order valence-electron chi connectivity index (χ1n) is 12.5. The molecule has 0 spiro atoms. The normalized spacial score (nSPS) is 12.1. The standard InChI is InChI=1S/C28H23F4N5O5S/c1-14-35-24(28(30,31)32)12-37(14)22-6-5-16(17-8-20(29)19(13-38)23(9-17)43(4,39)40)7-18(22)26-27(42-15(2)36-26)21-10-34-25(41-3)11-33-21/h5-12,38H,13H2,1-4H3. The Hall–Kier alpha value is -4.63. The van der Waals surface area contributed by atoms with Gasteiger partial charge in [0.1, 0.15) is 23.0 Å². The molecule has 1 N–H and O–H groups in total. The number of imidazole rings is 1. The Morgan fingerprint density at radius 1 is 1.05 bits per heavy atom. The number of alkyl halides is 3. The number of aliphatic hydroxyl groups excluding tert-OH is 1. The van der Waals surface area contributed by atoms with Gasteiger partial charge in [-0.3, -0.25) is 0 Å². The lowest BCUT2D eigenvalue weighted by molar-refractivity contribution is -0.141. The highest BCUT2D eigenvalue weighted by Gasteiger charge is 2.35. The summed E-state index contributed by atoms with van der Waals surface area (Å²) in [5.41, 5.74) is -0.197. The summed E-state index contributed by atoms with van der Waals surface area (Å²) in [7, 11) is -2.53. The van der Waals surface area contributed by atoms with Gasteiger partial charge >= 0.3 is 6.18 Å².